The second kappa shape index (κ2) is 4.40. The molecule has 0 aliphatic rings. The van der Waals surface area contributed by atoms with Crippen LogP contribution >= 0.6 is 11.3 Å². The highest BCUT2D eigenvalue weighted by molar-refractivity contribution is 7.25. The zero-order valence-electron chi connectivity index (χ0n) is 10.1. The van der Waals surface area contributed by atoms with Gasteiger partial charge < -0.3 is 5.41 Å². The summed E-state index contributed by atoms with van der Waals surface area (Å²) in [6.45, 7) is 3.67. The van der Waals surface area contributed by atoms with Gasteiger partial charge in [-0.15, -0.1) is 11.3 Å². The monoisotopic (exact) mass is 265 g/mol. The Kier molecular flexibility index (Phi) is 2.72. The van der Waals surface area contributed by atoms with Crippen molar-refractivity contribution in [3.63, 3.8) is 0 Å². The van der Waals surface area contributed by atoms with E-state index in [2.05, 4.69) is 17.6 Å². The zero-order chi connectivity index (χ0) is 13.4. The Labute approximate surface area is 114 Å². The molecule has 92 valence electrons. The van der Waals surface area contributed by atoms with E-state index >= 15 is 0 Å². The molecule has 0 aliphatic heterocycles. The molecule has 0 aliphatic carbocycles. The summed E-state index contributed by atoms with van der Waals surface area (Å²) in [7, 11) is 0. The molecule has 2 N–H and O–H groups in total. The minimum atomic E-state index is 0.201. The fraction of sp³-hybridized carbons (Fsp3) is 0. The van der Waals surface area contributed by atoms with Crippen molar-refractivity contribution in [3.8, 4) is 0 Å². The highest BCUT2D eigenvalue weighted by Gasteiger charge is 2.10. The Balaban J connectivity index is 2.25. The summed E-state index contributed by atoms with van der Waals surface area (Å²) in [6.07, 6.45) is 1.08. The fourth-order valence-electron chi connectivity index (χ4n) is 1.97. The number of allylic oxidation sites excluding steroid dienone is 1. The third kappa shape index (κ3) is 1.86. The minimum Gasteiger partial charge on any atom is -0.308 e. The zero-order valence-corrected chi connectivity index (χ0v) is 10.9. The molecule has 0 saturated heterocycles. The van der Waals surface area contributed by atoms with Crippen LogP contribution in [0.5, 0.6) is 0 Å². The van der Waals surface area contributed by atoms with Crippen molar-refractivity contribution in [3.05, 3.63) is 54.2 Å². The molecule has 19 heavy (non-hydrogen) atoms. The lowest BCUT2D eigenvalue weighted by atomic mass is 10.1. The van der Waals surface area contributed by atoms with E-state index < -0.39 is 0 Å². The van der Waals surface area contributed by atoms with Gasteiger partial charge in [0, 0.05) is 21.9 Å². The predicted octanol–water partition coefficient (Wildman–Crippen LogP) is 4.02. The number of nitrogens with zero attached hydrogens (tertiary/aromatic N) is 1. The van der Waals surface area contributed by atoms with E-state index in [4.69, 9.17) is 10.8 Å². The van der Waals surface area contributed by atoms with Crippen molar-refractivity contribution < 1.29 is 0 Å². The van der Waals surface area contributed by atoms with Gasteiger partial charge in [0.25, 0.3) is 0 Å². The van der Waals surface area contributed by atoms with Gasteiger partial charge in [0.15, 0.2) is 0 Å². The Hall–Kier alpha value is -2.33. The topological polar surface area (TPSA) is 60.6 Å². The molecule has 0 atom stereocenters. The van der Waals surface area contributed by atoms with Gasteiger partial charge in [-0.3, -0.25) is 5.41 Å². The second-order valence-electron chi connectivity index (χ2n) is 4.19. The normalized spacial score (nSPS) is 10.7. The maximum absolute atomic E-state index is 7.96. The standard InChI is InChI=1S/C15H11N3S/c1-9(8-16)14(17)11-6-7-13-15(18-11)10-4-2-3-5-12(10)19-13/h2-8,16-17H,1H2. The van der Waals surface area contributed by atoms with Gasteiger partial charge in [-0.25, -0.2) is 4.98 Å². The number of thiophene rings is 1. The van der Waals surface area contributed by atoms with Gasteiger partial charge in [-0.2, -0.15) is 0 Å². The third-order valence-electron chi connectivity index (χ3n) is 2.97. The van der Waals surface area contributed by atoms with Gasteiger partial charge in [-0.05, 0) is 18.2 Å². The summed E-state index contributed by atoms with van der Waals surface area (Å²) >= 11 is 1.70. The van der Waals surface area contributed by atoms with Crippen molar-refractivity contribution in [2.45, 2.75) is 0 Å². The lowest BCUT2D eigenvalue weighted by Crippen LogP contribution is -2.05. The Bertz CT molecular complexity index is 830. The average Bonchev–Trinajstić information content (AvgIpc) is 2.83. The van der Waals surface area contributed by atoms with Crippen LogP contribution in [0.1, 0.15) is 5.69 Å². The predicted molar refractivity (Wildman–Crippen MR) is 81.9 cm³/mol. The largest absolute Gasteiger partial charge is 0.308 e. The molecule has 0 fully saturated rings. The molecule has 3 aromatic rings. The molecule has 1 aromatic carbocycles. The lowest BCUT2D eigenvalue weighted by Gasteiger charge is -2.02. The molecule has 2 aromatic heterocycles. The van der Waals surface area contributed by atoms with Crippen LogP contribution in [0, 0.1) is 10.8 Å². The summed E-state index contributed by atoms with van der Waals surface area (Å²) < 4.78 is 2.30. The van der Waals surface area contributed by atoms with E-state index in [1.165, 1.54) is 4.70 Å². The molecular formula is C15H11N3S. The van der Waals surface area contributed by atoms with Crippen molar-refractivity contribution in [2.75, 3.05) is 0 Å². The molecule has 0 unspecified atom stereocenters. The van der Waals surface area contributed by atoms with E-state index in [1.807, 2.05) is 30.3 Å². The van der Waals surface area contributed by atoms with Gasteiger partial charge in [0.2, 0.25) is 0 Å². The summed E-state index contributed by atoms with van der Waals surface area (Å²) in [6, 6.07) is 11.9. The van der Waals surface area contributed by atoms with Gasteiger partial charge in [0.1, 0.15) is 0 Å². The quantitative estimate of drug-likeness (QED) is 0.690. The summed E-state index contributed by atoms with van der Waals surface area (Å²) in [5, 5.41) is 16.2. The van der Waals surface area contributed by atoms with Crippen molar-refractivity contribution >= 4 is 43.6 Å². The van der Waals surface area contributed by atoms with Crippen LogP contribution in [-0.2, 0) is 0 Å². The highest BCUT2D eigenvalue weighted by atomic mass is 32.1. The second-order valence-corrected chi connectivity index (χ2v) is 5.27. The van der Waals surface area contributed by atoms with Crippen LogP contribution in [-0.4, -0.2) is 16.9 Å². The van der Waals surface area contributed by atoms with Crippen molar-refractivity contribution in [2.24, 2.45) is 0 Å². The summed E-state index contributed by atoms with van der Waals surface area (Å²) in [5.74, 6) is 0. The smallest absolute Gasteiger partial charge is 0.0896 e. The molecule has 0 bridgehead atoms. The van der Waals surface area contributed by atoms with Crippen molar-refractivity contribution in [1.82, 2.24) is 4.98 Å². The molecule has 0 spiro atoms. The van der Waals surface area contributed by atoms with Crippen LogP contribution < -0.4 is 0 Å². The number of pyridine rings is 1. The van der Waals surface area contributed by atoms with Gasteiger partial charge in [-0.1, -0.05) is 24.8 Å². The van der Waals surface area contributed by atoms with Crippen molar-refractivity contribution in [1.29, 1.82) is 10.8 Å². The number of nitrogens with one attached hydrogen (secondary N) is 2. The fourth-order valence-corrected chi connectivity index (χ4v) is 3.01. The first-order valence-electron chi connectivity index (χ1n) is 5.77. The molecule has 2 heterocycles. The maximum atomic E-state index is 7.96. The van der Waals surface area contributed by atoms with Gasteiger partial charge in [0.05, 0.1) is 21.6 Å². The Morgan fingerprint density at radius 3 is 2.74 bits per heavy atom. The summed E-state index contributed by atoms with van der Waals surface area (Å²) in [5.41, 5.74) is 2.05. The van der Waals surface area contributed by atoms with E-state index in [0.29, 0.717) is 11.3 Å². The van der Waals surface area contributed by atoms with Gasteiger partial charge >= 0.3 is 0 Å². The lowest BCUT2D eigenvalue weighted by molar-refractivity contribution is 1.35. The molecule has 0 saturated carbocycles. The number of benzene rings is 1. The third-order valence-corrected chi connectivity index (χ3v) is 4.10. The number of rotatable bonds is 3. The Morgan fingerprint density at radius 1 is 1.16 bits per heavy atom. The first-order valence-corrected chi connectivity index (χ1v) is 6.59. The molecule has 0 amide bonds. The molecule has 4 heteroatoms. The summed E-state index contributed by atoms with van der Waals surface area (Å²) in [4.78, 5) is 4.55. The first kappa shape index (κ1) is 11.7. The van der Waals surface area contributed by atoms with E-state index in [9.17, 15) is 0 Å². The molecular weight excluding hydrogens is 254 g/mol. The van der Waals surface area contributed by atoms with E-state index in [-0.39, 0.29) is 5.71 Å². The number of aromatic nitrogens is 1. The van der Waals surface area contributed by atoms with Crippen LogP contribution in [0.4, 0.5) is 0 Å². The molecule has 3 nitrogen and oxygen atoms in total. The van der Waals surface area contributed by atoms with E-state index in [0.717, 1.165) is 21.8 Å². The van der Waals surface area contributed by atoms with Crippen LogP contribution in [0.25, 0.3) is 20.3 Å². The average molecular weight is 265 g/mol. The minimum absolute atomic E-state index is 0.201. The van der Waals surface area contributed by atoms with Crippen LogP contribution in [0.3, 0.4) is 0 Å². The highest BCUT2D eigenvalue weighted by Crippen LogP contribution is 2.32. The number of fused-ring (bicyclic) bond motifs is 3. The maximum Gasteiger partial charge on any atom is 0.0896 e. The number of hydrogen-bond donors (Lipinski definition) is 2. The SMILES string of the molecule is C=C(C=N)C(=N)c1ccc2sc3ccccc3c2n1. The van der Waals surface area contributed by atoms with Crippen LogP contribution in [0.2, 0.25) is 0 Å². The first-order chi connectivity index (χ1) is 9.20. The number of hydrogen-bond acceptors (Lipinski definition) is 4. The molecule has 0 radical (unpaired) electrons. The van der Waals surface area contributed by atoms with E-state index in [1.54, 1.807) is 11.3 Å². The molecule has 3 rings (SSSR count). The Morgan fingerprint density at radius 2 is 1.95 bits per heavy atom. The van der Waals surface area contributed by atoms with Crippen LogP contribution in [0.15, 0.2) is 48.6 Å².